The van der Waals surface area contributed by atoms with Crippen LogP contribution in [0.15, 0.2) is 0 Å². The average molecular weight is 227 g/mol. The molecule has 2 N–H and O–H groups in total. The van der Waals surface area contributed by atoms with Crippen molar-refractivity contribution in [3.8, 4) is 0 Å². The van der Waals surface area contributed by atoms with Crippen molar-refractivity contribution in [1.82, 2.24) is 5.32 Å². The monoisotopic (exact) mass is 227 g/mol. The van der Waals surface area contributed by atoms with Gasteiger partial charge in [0.05, 0.1) is 6.10 Å². The van der Waals surface area contributed by atoms with E-state index < -0.39 is 5.97 Å². The summed E-state index contributed by atoms with van der Waals surface area (Å²) in [5.41, 5.74) is 0. The zero-order valence-corrected chi connectivity index (χ0v) is 9.82. The quantitative estimate of drug-likeness (QED) is 0.720. The van der Waals surface area contributed by atoms with E-state index in [0.717, 1.165) is 18.9 Å². The number of hydrogen-bond acceptors (Lipinski definition) is 3. The summed E-state index contributed by atoms with van der Waals surface area (Å²) in [5.74, 6) is 0.0433. The fourth-order valence-corrected chi connectivity index (χ4v) is 2.47. The van der Waals surface area contributed by atoms with Crippen LogP contribution >= 0.6 is 0 Å². The number of hydrogen-bond donors (Lipinski definition) is 2. The molecule has 0 radical (unpaired) electrons. The Kier molecular flexibility index (Phi) is 3.82. The molecule has 0 aromatic heterocycles. The molecule has 1 heterocycles. The zero-order valence-electron chi connectivity index (χ0n) is 9.82. The average Bonchev–Trinajstić information content (AvgIpc) is 2.97. The van der Waals surface area contributed by atoms with Crippen molar-refractivity contribution < 1.29 is 14.6 Å². The van der Waals surface area contributed by atoms with Crippen LogP contribution in [0.4, 0.5) is 0 Å². The topological polar surface area (TPSA) is 58.6 Å². The summed E-state index contributed by atoms with van der Waals surface area (Å²) in [7, 11) is 0. The molecule has 92 valence electrons. The molecule has 2 aliphatic rings. The standard InChI is InChI=1S/C12H21NO3/c1-8(2-5-11(14)15)13-10-6-7-16-12(10)9-3-4-9/h8-10,12-13H,2-7H2,1H3,(H,14,15). The smallest absolute Gasteiger partial charge is 0.303 e. The molecular formula is C12H21NO3. The lowest BCUT2D eigenvalue weighted by atomic mass is 10.0. The van der Waals surface area contributed by atoms with Gasteiger partial charge in [0.1, 0.15) is 0 Å². The number of ether oxygens (including phenoxy) is 1. The van der Waals surface area contributed by atoms with Gasteiger partial charge in [-0.1, -0.05) is 0 Å². The number of nitrogens with one attached hydrogen (secondary N) is 1. The van der Waals surface area contributed by atoms with Gasteiger partial charge >= 0.3 is 5.97 Å². The number of aliphatic carboxylic acids is 1. The highest BCUT2D eigenvalue weighted by Crippen LogP contribution is 2.38. The molecule has 1 aliphatic carbocycles. The van der Waals surface area contributed by atoms with Crippen LogP contribution in [0.2, 0.25) is 0 Å². The summed E-state index contributed by atoms with van der Waals surface area (Å²) in [6.07, 6.45) is 4.99. The first kappa shape index (κ1) is 11.9. The van der Waals surface area contributed by atoms with E-state index in [0.29, 0.717) is 18.6 Å². The third kappa shape index (κ3) is 3.19. The minimum atomic E-state index is -0.713. The number of carboxylic acid groups (broad SMARTS) is 1. The van der Waals surface area contributed by atoms with E-state index in [1.54, 1.807) is 0 Å². The van der Waals surface area contributed by atoms with E-state index in [-0.39, 0.29) is 12.5 Å². The SMILES string of the molecule is CC(CCC(=O)O)NC1CCOC1C1CC1. The molecule has 4 nitrogen and oxygen atoms in total. The Morgan fingerprint density at radius 1 is 1.50 bits per heavy atom. The largest absolute Gasteiger partial charge is 0.481 e. The molecule has 3 unspecified atom stereocenters. The van der Waals surface area contributed by atoms with Crippen LogP contribution in [0.3, 0.4) is 0 Å². The number of carboxylic acids is 1. The van der Waals surface area contributed by atoms with Gasteiger partial charge in [-0.2, -0.15) is 0 Å². The molecule has 2 fully saturated rings. The Balaban J connectivity index is 1.72. The van der Waals surface area contributed by atoms with Gasteiger partial charge in [-0.25, -0.2) is 0 Å². The van der Waals surface area contributed by atoms with Gasteiger partial charge in [0.15, 0.2) is 0 Å². The molecule has 0 bridgehead atoms. The zero-order chi connectivity index (χ0) is 11.5. The van der Waals surface area contributed by atoms with Gasteiger partial charge in [-0.3, -0.25) is 4.79 Å². The third-order valence-corrected chi connectivity index (χ3v) is 3.51. The first-order chi connectivity index (χ1) is 7.66. The van der Waals surface area contributed by atoms with Crippen LogP contribution in [0.5, 0.6) is 0 Å². The summed E-state index contributed by atoms with van der Waals surface area (Å²) in [5, 5.41) is 12.1. The Morgan fingerprint density at radius 2 is 2.25 bits per heavy atom. The number of carbonyl (C=O) groups is 1. The maximum atomic E-state index is 10.5. The van der Waals surface area contributed by atoms with Crippen molar-refractivity contribution in [2.45, 2.75) is 57.2 Å². The van der Waals surface area contributed by atoms with Crippen LogP contribution in [0.1, 0.15) is 39.0 Å². The maximum absolute atomic E-state index is 10.5. The predicted octanol–water partition coefficient (Wildman–Crippen LogP) is 1.40. The second-order valence-electron chi connectivity index (χ2n) is 5.07. The van der Waals surface area contributed by atoms with Crippen molar-refractivity contribution in [2.24, 2.45) is 5.92 Å². The fraction of sp³-hybridized carbons (Fsp3) is 0.917. The maximum Gasteiger partial charge on any atom is 0.303 e. The van der Waals surface area contributed by atoms with Gasteiger partial charge in [0.2, 0.25) is 0 Å². The van der Waals surface area contributed by atoms with E-state index in [9.17, 15) is 4.79 Å². The highest BCUT2D eigenvalue weighted by atomic mass is 16.5. The van der Waals surface area contributed by atoms with Gasteiger partial charge in [0, 0.05) is 25.1 Å². The molecule has 3 atom stereocenters. The highest BCUT2D eigenvalue weighted by molar-refractivity contribution is 5.66. The summed E-state index contributed by atoms with van der Waals surface area (Å²) < 4.78 is 5.74. The third-order valence-electron chi connectivity index (χ3n) is 3.51. The molecule has 0 spiro atoms. The van der Waals surface area contributed by atoms with Crippen molar-refractivity contribution in [2.75, 3.05) is 6.61 Å². The molecule has 4 heteroatoms. The van der Waals surface area contributed by atoms with Crippen LogP contribution in [-0.4, -0.2) is 35.9 Å². The van der Waals surface area contributed by atoms with Crippen LogP contribution in [0, 0.1) is 5.92 Å². The van der Waals surface area contributed by atoms with Crippen LogP contribution < -0.4 is 5.32 Å². The van der Waals surface area contributed by atoms with Gasteiger partial charge in [-0.05, 0) is 38.5 Å². The molecule has 0 amide bonds. The van der Waals surface area contributed by atoms with Gasteiger partial charge in [0.25, 0.3) is 0 Å². The normalized spacial score (nSPS) is 31.6. The molecule has 1 saturated carbocycles. The summed E-state index contributed by atoms with van der Waals surface area (Å²) >= 11 is 0. The van der Waals surface area contributed by atoms with E-state index in [4.69, 9.17) is 9.84 Å². The van der Waals surface area contributed by atoms with E-state index in [1.165, 1.54) is 12.8 Å². The summed E-state index contributed by atoms with van der Waals surface area (Å²) in [6.45, 7) is 2.91. The number of rotatable bonds is 6. The molecular weight excluding hydrogens is 206 g/mol. The lowest BCUT2D eigenvalue weighted by Gasteiger charge is -2.23. The lowest BCUT2D eigenvalue weighted by molar-refractivity contribution is -0.137. The highest BCUT2D eigenvalue weighted by Gasteiger charge is 2.40. The summed E-state index contributed by atoms with van der Waals surface area (Å²) in [4.78, 5) is 10.5. The second-order valence-corrected chi connectivity index (χ2v) is 5.07. The fourth-order valence-electron chi connectivity index (χ4n) is 2.47. The van der Waals surface area contributed by atoms with E-state index >= 15 is 0 Å². The molecule has 1 aliphatic heterocycles. The van der Waals surface area contributed by atoms with Crippen molar-refractivity contribution in [1.29, 1.82) is 0 Å². The second kappa shape index (κ2) is 5.15. The predicted molar refractivity (Wildman–Crippen MR) is 60.3 cm³/mol. The molecule has 0 aromatic carbocycles. The minimum absolute atomic E-state index is 0.246. The Hall–Kier alpha value is -0.610. The van der Waals surface area contributed by atoms with Crippen molar-refractivity contribution >= 4 is 5.97 Å². The van der Waals surface area contributed by atoms with E-state index in [2.05, 4.69) is 12.2 Å². The molecule has 0 aromatic rings. The minimum Gasteiger partial charge on any atom is -0.481 e. The first-order valence-corrected chi connectivity index (χ1v) is 6.26. The van der Waals surface area contributed by atoms with E-state index in [1.807, 2.05) is 0 Å². The van der Waals surface area contributed by atoms with Gasteiger partial charge in [-0.15, -0.1) is 0 Å². The molecule has 2 rings (SSSR count). The molecule has 16 heavy (non-hydrogen) atoms. The lowest BCUT2D eigenvalue weighted by Crippen LogP contribution is -2.42. The van der Waals surface area contributed by atoms with Crippen LogP contribution in [0.25, 0.3) is 0 Å². The Morgan fingerprint density at radius 3 is 2.88 bits per heavy atom. The Bertz CT molecular complexity index is 253. The molecule has 1 saturated heterocycles. The van der Waals surface area contributed by atoms with Crippen molar-refractivity contribution in [3.63, 3.8) is 0 Å². The van der Waals surface area contributed by atoms with Crippen LogP contribution in [-0.2, 0) is 9.53 Å². The van der Waals surface area contributed by atoms with Crippen molar-refractivity contribution in [3.05, 3.63) is 0 Å². The van der Waals surface area contributed by atoms with Gasteiger partial charge < -0.3 is 15.2 Å². The Labute approximate surface area is 96.4 Å². The summed E-state index contributed by atoms with van der Waals surface area (Å²) in [6, 6.07) is 0.709. The first-order valence-electron chi connectivity index (χ1n) is 6.26.